The number of aromatic carboxylic acids is 1. The molecule has 0 atom stereocenters. The summed E-state index contributed by atoms with van der Waals surface area (Å²) in [6.07, 6.45) is 1.07. The van der Waals surface area contributed by atoms with Crippen molar-refractivity contribution in [3.63, 3.8) is 0 Å². The number of halogens is 1. The van der Waals surface area contributed by atoms with E-state index in [1.54, 1.807) is 6.92 Å². The normalized spacial score (nSPS) is 9.83. The van der Waals surface area contributed by atoms with Gasteiger partial charge in [-0.3, -0.25) is 4.98 Å². The summed E-state index contributed by atoms with van der Waals surface area (Å²) in [4.78, 5) is 14.1. The molecular formula is C7H6ClNO3. The van der Waals surface area contributed by atoms with Crippen LogP contribution in [0.4, 0.5) is 0 Å². The van der Waals surface area contributed by atoms with Gasteiger partial charge in [0.2, 0.25) is 0 Å². The van der Waals surface area contributed by atoms with Crippen molar-refractivity contribution in [2.45, 2.75) is 6.92 Å². The van der Waals surface area contributed by atoms with E-state index >= 15 is 0 Å². The number of carboxylic acids is 1. The topological polar surface area (TPSA) is 70.4 Å². The van der Waals surface area contributed by atoms with Gasteiger partial charge in [0, 0.05) is 6.20 Å². The summed E-state index contributed by atoms with van der Waals surface area (Å²) in [7, 11) is 0. The van der Waals surface area contributed by atoms with E-state index in [4.69, 9.17) is 16.7 Å². The van der Waals surface area contributed by atoms with Crippen LogP contribution in [0.2, 0.25) is 5.02 Å². The summed E-state index contributed by atoms with van der Waals surface area (Å²) < 4.78 is 0. The highest BCUT2D eigenvalue weighted by molar-refractivity contribution is 6.33. The van der Waals surface area contributed by atoms with Crippen LogP contribution in [0.5, 0.6) is 5.75 Å². The summed E-state index contributed by atoms with van der Waals surface area (Å²) in [5.74, 6) is -1.68. The second-order valence-corrected chi connectivity index (χ2v) is 2.60. The molecule has 0 aliphatic heterocycles. The number of rotatable bonds is 1. The Morgan fingerprint density at radius 2 is 2.25 bits per heavy atom. The average Bonchev–Trinajstić information content (AvgIpc) is 2.00. The number of aromatic hydroxyl groups is 1. The van der Waals surface area contributed by atoms with Crippen molar-refractivity contribution in [1.29, 1.82) is 0 Å². The lowest BCUT2D eigenvalue weighted by molar-refractivity contribution is 0.0693. The molecular weight excluding hydrogens is 182 g/mol. The third kappa shape index (κ3) is 1.33. The minimum Gasteiger partial charge on any atom is -0.505 e. The first kappa shape index (κ1) is 8.80. The molecule has 12 heavy (non-hydrogen) atoms. The van der Waals surface area contributed by atoms with Gasteiger partial charge in [-0.25, -0.2) is 4.79 Å². The van der Waals surface area contributed by atoms with Crippen LogP contribution >= 0.6 is 11.6 Å². The second-order valence-electron chi connectivity index (χ2n) is 2.23. The first-order valence-corrected chi connectivity index (χ1v) is 3.49. The maximum Gasteiger partial charge on any atom is 0.341 e. The average molecular weight is 188 g/mol. The van der Waals surface area contributed by atoms with E-state index in [-0.39, 0.29) is 10.6 Å². The Balaban J connectivity index is 3.36. The maximum atomic E-state index is 10.4. The summed E-state index contributed by atoms with van der Waals surface area (Å²) >= 11 is 5.55. The van der Waals surface area contributed by atoms with Crippen LogP contribution in [0.15, 0.2) is 6.20 Å². The molecule has 0 radical (unpaired) electrons. The van der Waals surface area contributed by atoms with E-state index in [0.29, 0.717) is 5.69 Å². The zero-order chi connectivity index (χ0) is 9.30. The number of aromatic nitrogens is 1. The van der Waals surface area contributed by atoms with Gasteiger partial charge in [-0.1, -0.05) is 11.6 Å². The Morgan fingerprint density at radius 3 is 2.75 bits per heavy atom. The van der Waals surface area contributed by atoms with Crippen molar-refractivity contribution >= 4 is 17.6 Å². The molecule has 1 aromatic heterocycles. The van der Waals surface area contributed by atoms with Crippen LogP contribution in [-0.4, -0.2) is 21.2 Å². The Morgan fingerprint density at radius 1 is 1.67 bits per heavy atom. The Bertz CT molecular complexity index is 338. The van der Waals surface area contributed by atoms with E-state index in [0.717, 1.165) is 6.20 Å². The van der Waals surface area contributed by atoms with E-state index in [2.05, 4.69) is 4.98 Å². The lowest BCUT2D eigenvalue weighted by atomic mass is 10.2. The molecule has 0 saturated heterocycles. The van der Waals surface area contributed by atoms with E-state index < -0.39 is 11.7 Å². The molecule has 0 spiro atoms. The van der Waals surface area contributed by atoms with Crippen LogP contribution < -0.4 is 0 Å². The minimum absolute atomic E-state index is 0.0186. The summed E-state index contributed by atoms with van der Waals surface area (Å²) in [6.45, 7) is 1.58. The molecule has 5 heteroatoms. The van der Waals surface area contributed by atoms with Crippen molar-refractivity contribution < 1.29 is 15.0 Å². The van der Waals surface area contributed by atoms with Crippen LogP contribution in [-0.2, 0) is 0 Å². The number of carbonyl (C=O) groups is 1. The number of aryl methyl sites for hydroxylation is 1. The van der Waals surface area contributed by atoms with E-state index in [9.17, 15) is 9.90 Å². The molecule has 0 aromatic carbocycles. The number of carboxylic acid groups (broad SMARTS) is 1. The van der Waals surface area contributed by atoms with Gasteiger partial charge in [-0.2, -0.15) is 0 Å². The molecule has 1 heterocycles. The zero-order valence-electron chi connectivity index (χ0n) is 6.21. The molecule has 0 saturated carbocycles. The van der Waals surface area contributed by atoms with Crippen molar-refractivity contribution in [2.24, 2.45) is 0 Å². The standard InChI is InChI=1S/C7H6ClNO3/c1-3-5(8)6(10)4(2-9-3)7(11)12/h2H,1H3,(H,9,10)(H,11,12). The number of pyridine rings is 1. The van der Waals surface area contributed by atoms with Crippen LogP contribution in [0.1, 0.15) is 16.1 Å². The number of hydrogen-bond acceptors (Lipinski definition) is 3. The van der Waals surface area contributed by atoms with Gasteiger partial charge < -0.3 is 10.2 Å². The molecule has 1 aromatic rings. The van der Waals surface area contributed by atoms with Crippen LogP contribution in [0.3, 0.4) is 0 Å². The Kier molecular flexibility index (Phi) is 2.19. The zero-order valence-corrected chi connectivity index (χ0v) is 6.96. The highest BCUT2D eigenvalue weighted by Gasteiger charge is 2.14. The van der Waals surface area contributed by atoms with Gasteiger partial charge >= 0.3 is 5.97 Å². The first-order valence-electron chi connectivity index (χ1n) is 3.11. The molecule has 64 valence electrons. The SMILES string of the molecule is Cc1ncc(C(=O)O)c(O)c1Cl. The fraction of sp³-hybridized carbons (Fsp3) is 0.143. The third-order valence-corrected chi connectivity index (χ3v) is 1.85. The van der Waals surface area contributed by atoms with Gasteiger partial charge in [0.1, 0.15) is 10.6 Å². The Labute approximate surface area is 73.4 Å². The van der Waals surface area contributed by atoms with E-state index in [1.165, 1.54) is 0 Å². The maximum absolute atomic E-state index is 10.4. The molecule has 0 unspecified atom stereocenters. The monoisotopic (exact) mass is 187 g/mol. The van der Waals surface area contributed by atoms with Crippen molar-refractivity contribution in [3.05, 3.63) is 22.5 Å². The van der Waals surface area contributed by atoms with Crippen LogP contribution in [0, 0.1) is 6.92 Å². The predicted octanol–water partition coefficient (Wildman–Crippen LogP) is 1.45. The molecule has 2 N–H and O–H groups in total. The lowest BCUT2D eigenvalue weighted by Gasteiger charge is -2.02. The van der Waals surface area contributed by atoms with Crippen LogP contribution in [0.25, 0.3) is 0 Å². The summed E-state index contributed by atoms with van der Waals surface area (Å²) in [5.41, 5.74) is 0.116. The molecule has 0 bridgehead atoms. The quantitative estimate of drug-likeness (QED) is 0.698. The molecule has 0 fully saturated rings. The highest BCUT2D eigenvalue weighted by Crippen LogP contribution is 2.28. The summed E-state index contributed by atoms with van der Waals surface area (Å²) in [6, 6.07) is 0. The van der Waals surface area contributed by atoms with Gasteiger partial charge in [-0.15, -0.1) is 0 Å². The smallest absolute Gasteiger partial charge is 0.341 e. The van der Waals surface area contributed by atoms with Crippen molar-refractivity contribution in [2.75, 3.05) is 0 Å². The number of nitrogens with zero attached hydrogens (tertiary/aromatic N) is 1. The minimum atomic E-state index is -1.25. The second kappa shape index (κ2) is 2.98. The fourth-order valence-corrected chi connectivity index (χ4v) is 0.876. The largest absolute Gasteiger partial charge is 0.505 e. The third-order valence-electron chi connectivity index (χ3n) is 1.40. The molecule has 4 nitrogen and oxygen atoms in total. The number of hydrogen-bond donors (Lipinski definition) is 2. The molecule has 0 aliphatic carbocycles. The highest BCUT2D eigenvalue weighted by atomic mass is 35.5. The fourth-order valence-electron chi connectivity index (χ4n) is 0.725. The first-order chi connectivity index (χ1) is 5.54. The predicted molar refractivity (Wildman–Crippen MR) is 42.6 cm³/mol. The lowest BCUT2D eigenvalue weighted by Crippen LogP contribution is -1.99. The van der Waals surface area contributed by atoms with Gasteiger partial charge in [0.05, 0.1) is 5.69 Å². The molecule has 1 rings (SSSR count). The molecule has 0 aliphatic rings. The Hall–Kier alpha value is -1.29. The van der Waals surface area contributed by atoms with Crippen molar-refractivity contribution in [3.8, 4) is 5.75 Å². The summed E-state index contributed by atoms with van der Waals surface area (Å²) in [5, 5.41) is 17.7. The van der Waals surface area contributed by atoms with Gasteiger partial charge in [0.25, 0.3) is 0 Å². The van der Waals surface area contributed by atoms with Gasteiger partial charge in [0.15, 0.2) is 5.75 Å². The van der Waals surface area contributed by atoms with Crippen molar-refractivity contribution in [1.82, 2.24) is 4.98 Å². The molecule has 0 amide bonds. The van der Waals surface area contributed by atoms with Gasteiger partial charge in [-0.05, 0) is 6.92 Å². The van der Waals surface area contributed by atoms with E-state index in [1.807, 2.05) is 0 Å².